The van der Waals surface area contributed by atoms with E-state index >= 15 is 0 Å². The number of rotatable bonds is 3. The Bertz CT molecular complexity index is 889. The molecule has 1 heteroatoms. The van der Waals surface area contributed by atoms with Crippen molar-refractivity contribution in [2.24, 2.45) is 0 Å². The molecule has 0 heterocycles. The second-order valence-corrected chi connectivity index (χ2v) is 6.24. The van der Waals surface area contributed by atoms with Gasteiger partial charge >= 0.3 is 0 Å². The standard InChI is InChI=1S/C23H20O/c1-16-12-14-18(15-13-16)22-20-11-7-6-10-19(20)21(23(22)24-2)17-8-4-3-5-9-17/h3-15,22H,1-2H3. The smallest absolute Gasteiger partial charge is 0.116 e. The number of benzene rings is 3. The summed E-state index contributed by atoms with van der Waals surface area (Å²) in [4.78, 5) is 0. The summed E-state index contributed by atoms with van der Waals surface area (Å²) in [6.07, 6.45) is 0. The van der Waals surface area contributed by atoms with Gasteiger partial charge in [-0.05, 0) is 29.2 Å². The Morgan fingerprint density at radius 2 is 1.42 bits per heavy atom. The van der Waals surface area contributed by atoms with Crippen molar-refractivity contribution in [3.63, 3.8) is 0 Å². The van der Waals surface area contributed by atoms with Gasteiger partial charge in [0.25, 0.3) is 0 Å². The van der Waals surface area contributed by atoms with Crippen molar-refractivity contribution in [2.45, 2.75) is 12.8 Å². The summed E-state index contributed by atoms with van der Waals surface area (Å²) < 4.78 is 5.94. The summed E-state index contributed by atoms with van der Waals surface area (Å²) in [5.41, 5.74) is 7.55. The fraction of sp³-hybridized carbons (Fsp3) is 0.130. The molecular formula is C23H20O. The molecule has 1 nitrogen and oxygen atoms in total. The predicted octanol–water partition coefficient (Wildman–Crippen LogP) is 5.55. The SMILES string of the molecule is COC1=C(c2ccccc2)c2ccccc2C1c1ccc(C)cc1. The number of allylic oxidation sites excluding steroid dienone is 1. The molecule has 3 aromatic carbocycles. The fourth-order valence-corrected chi connectivity index (χ4v) is 3.61. The van der Waals surface area contributed by atoms with Crippen molar-refractivity contribution in [2.75, 3.05) is 7.11 Å². The van der Waals surface area contributed by atoms with Crippen LogP contribution in [0.15, 0.2) is 84.6 Å². The second kappa shape index (κ2) is 6.01. The molecule has 0 N–H and O–H groups in total. The van der Waals surface area contributed by atoms with Gasteiger partial charge in [-0.15, -0.1) is 0 Å². The van der Waals surface area contributed by atoms with Crippen molar-refractivity contribution in [1.82, 2.24) is 0 Å². The van der Waals surface area contributed by atoms with Crippen LogP contribution in [0, 0.1) is 6.92 Å². The second-order valence-electron chi connectivity index (χ2n) is 6.24. The van der Waals surface area contributed by atoms with Crippen LogP contribution >= 0.6 is 0 Å². The highest BCUT2D eigenvalue weighted by atomic mass is 16.5. The van der Waals surface area contributed by atoms with Crippen LogP contribution in [-0.4, -0.2) is 7.11 Å². The highest BCUT2D eigenvalue weighted by Crippen LogP contribution is 2.48. The molecule has 118 valence electrons. The third-order valence-electron chi connectivity index (χ3n) is 4.74. The lowest BCUT2D eigenvalue weighted by atomic mass is 9.91. The number of hydrogen-bond donors (Lipinski definition) is 0. The molecule has 1 aliphatic rings. The minimum absolute atomic E-state index is 0.155. The van der Waals surface area contributed by atoms with Crippen LogP contribution in [-0.2, 0) is 4.74 Å². The third-order valence-corrected chi connectivity index (χ3v) is 4.74. The zero-order valence-corrected chi connectivity index (χ0v) is 14.0. The largest absolute Gasteiger partial charge is 0.499 e. The van der Waals surface area contributed by atoms with Gasteiger partial charge in [0.05, 0.1) is 13.0 Å². The van der Waals surface area contributed by atoms with Crippen LogP contribution < -0.4 is 0 Å². The number of methoxy groups -OCH3 is 1. The minimum atomic E-state index is 0.155. The Kier molecular flexibility index (Phi) is 3.70. The first-order chi connectivity index (χ1) is 11.8. The zero-order valence-electron chi connectivity index (χ0n) is 14.0. The molecule has 0 amide bonds. The van der Waals surface area contributed by atoms with Crippen LogP contribution in [0.2, 0.25) is 0 Å². The summed E-state index contributed by atoms with van der Waals surface area (Å²) in [6.45, 7) is 2.12. The first kappa shape index (κ1) is 14.8. The van der Waals surface area contributed by atoms with E-state index in [0.717, 1.165) is 5.76 Å². The molecule has 0 saturated carbocycles. The maximum absolute atomic E-state index is 5.94. The van der Waals surface area contributed by atoms with Gasteiger partial charge in [-0.3, -0.25) is 0 Å². The molecule has 0 aliphatic heterocycles. The van der Waals surface area contributed by atoms with E-state index in [1.165, 1.54) is 33.4 Å². The van der Waals surface area contributed by atoms with Crippen molar-refractivity contribution in [3.8, 4) is 0 Å². The molecule has 0 radical (unpaired) electrons. The first-order valence-electron chi connectivity index (χ1n) is 8.29. The lowest BCUT2D eigenvalue weighted by Crippen LogP contribution is -2.03. The van der Waals surface area contributed by atoms with Crippen molar-refractivity contribution < 1.29 is 4.74 Å². The lowest BCUT2D eigenvalue weighted by molar-refractivity contribution is 0.278. The Hall–Kier alpha value is -2.80. The summed E-state index contributed by atoms with van der Waals surface area (Å²) >= 11 is 0. The molecule has 24 heavy (non-hydrogen) atoms. The van der Waals surface area contributed by atoms with Crippen molar-refractivity contribution >= 4 is 5.57 Å². The average Bonchev–Trinajstić information content (AvgIpc) is 2.97. The molecule has 3 aromatic rings. The maximum atomic E-state index is 5.94. The molecule has 1 unspecified atom stereocenters. The van der Waals surface area contributed by atoms with Crippen LogP contribution in [0.5, 0.6) is 0 Å². The molecular weight excluding hydrogens is 292 g/mol. The average molecular weight is 312 g/mol. The van der Waals surface area contributed by atoms with Gasteiger partial charge < -0.3 is 4.74 Å². The lowest BCUT2D eigenvalue weighted by Gasteiger charge is -2.17. The normalized spacial score (nSPS) is 16.2. The zero-order chi connectivity index (χ0) is 16.5. The van der Waals surface area contributed by atoms with E-state index < -0.39 is 0 Å². The van der Waals surface area contributed by atoms with E-state index in [2.05, 4.69) is 85.8 Å². The topological polar surface area (TPSA) is 9.23 Å². The number of aryl methyl sites for hydroxylation is 1. The monoisotopic (exact) mass is 312 g/mol. The highest BCUT2D eigenvalue weighted by molar-refractivity contribution is 5.88. The van der Waals surface area contributed by atoms with Gasteiger partial charge in [0.2, 0.25) is 0 Å². The van der Waals surface area contributed by atoms with Crippen LogP contribution in [0.3, 0.4) is 0 Å². The molecule has 1 atom stereocenters. The number of hydrogen-bond acceptors (Lipinski definition) is 1. The van der Waals surface area contributed by atoms with Gasteiger partial charge in [-0.25, -0.2) is 0 Å². The Balaban J connectivity index is 1.96. The highest BCUT2D eigenvalue weighted by Gasteiger charge is 2.33. The van der Waals surface area contributed by atoms with Crippen molar-refractivity contribution in [1.29, 1.82) is 0 Å². The van der Waals surface area contributed by atoms with Gasteiger partial charge in [0.1, 0.15) is 5.76 Å². The molecule has 1 aliphatic carbocycles. The summed E-state index contributed by atoms with van der Waals surface area (Å²) in [5.74, 6) is 1.19. The van der Waals surface area contributed by atoms with Crippen LogP contribution in [0.1, 0.15) is 33.7 Å². The Morgan fingerprint density at radius 3 is 2.12 bits per heavy atom. The molecule has 4 rings (SSSR count). The van der Waals surface area contributed by atoms with E-state index in [9.17, 15) is 0 Å². The van der Waals surface area contributed by atoms with E-state index in [1.807, 2.05) is 0 Å². The van der Waals surface area contributed by atoms with Gasteiger partial charge in [-0.1, -0.05) is 84.4 Å². The quantitative estimate of drug-likeness (QED) is 0.616. The van der Waals surface area contributed by atoms with E-state index in [4.69, 9.17) is 4.74 Å². The summed E-state index contributed by atoms with van der Waals surface area (Å²) in [6, 6.07) is 27.9. The number of fused-ring (bicyclic) bond motifs is 1. The van der Waals surface area contributed by atoms with Crippen LogP contribution in [0.25, 0.3) is 5.57 Å². The maximum Gasteiger partial charge on any atom is 0.116 e. The summed E-state index contributed by atoms with van der Waals surface area (Å²) in [7, 11) is 1.78. The molecule has 0 fully saturated rings. The van der Waals surface area contributed by atoms with Gasteiger partial charge in [-0.2, -0.15) is 0 Å². The van der Waals surface area contributed by atoms with Crippen LogP contribution in [0.4, 0.5) is 0 Å². The summed E-state index contributed by atoms with van der Waals surface area (Å²) in [5, 5.41) is 0. The Morgan fingerprint density at radius 1 is 0.750 bits per heavy atom. The molecule has 0 bridgehead atoms. The van der Waals surface area contributed by atoms with Gasteiger partial charge in [0.15, 0.2) is 0 Å². The fourth-order valence-electron chi connectivity index (χ4n) is 3.61. The predicted molar refractivity (Wildman–Crippen MR) is 98.9 cm³/mol. The molecule has 0 spiro atoms. The number of ether oxygens (including phenoxy) is 1. The van der Waals surface area contributed by atoms with E-state index in [0.29, 0.717) is 0 Å². The third kappa shape index (κ3) is 2.33. The van der Waals surface area contributed by atoms with E-state index in [1.54, 1.807) is 7.11 Å². The first-order valence-corrected chi connectivity index (χ1v) is 8.29. The van der Waals surface area contributed by atoms with E-state index in [-0.39, 0.29) is 5.92 Å². The minimum Gasteiger partial charge on any atom is -0.499 e. The Labute approximate surface area is 143 Å². The molecule has 0 aromatic heterocycles. The van der Waals surface area contributed by atoms with Gasteiger partial charge in [0, 0.05) is 5.57 Å². The molecule has 0 saturated heterocycles. The van der Waals surface area contributed by atoms with Crippen molar-refractivity contribution in [3.05, 3.63) is 112 Å².